The Morgan fingerprint density at radius 3 is 2.61 bits per heavy atom. The van der Waals surface area contributed by atoms with Crippen molar-refractivity contribution in [3.05, 3.63) is 65.6 Å². The van der Waals surface area contributed by atoms with Gasteiger partial charge in [0.25, 0.3) is 5.91 Å². The van der Waals surface area contributed by atoms with Crippen molar-refractivity contribution in [3.8, 4) is 0 Å². The molecule has 4 rings (SSSR count). The Labute approximate surface area is 193 Å². The molecule has 1 aliphatic heterocycles. The Morgan fingerprint density at radius 1 is 1.09 bits per heavy atom. The molecule has 0 aliphatic carbocycles. The van der Waals surface area contributed by atoms with Gasteiger partial charge >= 0.3 is 0 Å². The first kappa shape index (κ1) is 22.4. The normalized spacial score (nSPS) is 14.9. The predicted octanol–water partition coefficient (Wildman–Crippen LogP) is 3.15. The van der Waals surface area contributed by atoms with Crippen LogP contribution in [0.2, 0.25) is 0 Å². The number of carbonyl (C=O) groups excluding carboxylic acids is 1. The Kier molecular flexibility index (Phi) is 6.65. The summed E-state index contributed by atoms with van der Waals surface area (Å²) in [5.41, 5.74) is 3.13. The van der Waals surface area contributed by atoms with E-state index in [4.69, 9.17) is 5.41 Å². The minimum Gasteiger partial charge on any atom is -0.393 e. The highest BCUT2D eigenvalue weighted by Crippen LogP contribution is 2.27. The molecule has 3 aromatic rings. The molecule has 3 N–H and O–H groups in total. The summed E-state index contributed by atoms with van der Waals surface area (Å²) in [5, 5.41) is 15.6. The molecule has 1 amide bonds. The van der Waals surface area contributed by atoms with E-state index in [-0.39, 0.29) is 5.91 Å². The van der Waals surface area contributed by atoms with E-state index in [9.17, 15) is 4.79 Å². The number of nitrogens with zero attached hydrogens (tertiary/aromatic N) is 4. The molecular weight excluding hydrogens is 414 g/mol. The number of piperazine rings is 1. The maximum absolute atomic E-state index is 13.0. The number of allylic oxidation sites excluding steroid dienone is 1. The van der Waals surface area contributed by atoms with Crippen molar-refractivity contribution in [2.24, 2.45) is 0 Å². The summed E-state index contributed by atoms with van der Waals surface area (Å²) >= 11 is 0. The van der Waals surface area contributed by atoms with Crippen LogP contribution in [0.4, 0.5) is 11.6 Å². The highest BCUT2D eigenvalue weighted by Gasteiger charge is 2.17. The summed E-state index contributed by atoms with van der Waals surface area (Å²) in [5.74, 6) is 1.13. The standard InChI is InChI=1S/C25H29N7O/c1-17-22-12-18(21(14-26)15-27-2)4-5-20(22)16-29-24(17)30-25(33)19-6-7-28-23(13-19)32-10-8-31(3)9-11-32/h4-7,12-16,26-27H,8-11H2,1-3H3,(H,29,30,33)/b21-15+,26-14?. The number of anilines is 2. The van der Waals surface area contributed by atoms with Crippen LogP contribution in [0.1, 0.15) is 21.5 Å². The average molecular weight is 444 g/mol. The molecule has 2 aromatic heterocycles. The van der Waals surface area contributed by atoms with Crippen molar-refractivity contribution in [3.63, 3.8) is 0 Å². The molecule has 1 aromatic carbocycles. The lowest BCUT2D eigenvalue weighted by atomic mass is 10.0. The van der Waals surface area contributed by atoms with Crippen molar-refractivity contribution < 1.29 is 4.79 Å². The monoisotopic (exact) mass is 443 g/mol. The molecule has 1 fully saturated rings. The molecule has 1 saturated heterocycles. The van der Waals surface area contributed by atoms with E-state index in [1.54, 1.807) is 24.7 Å². The van der Waals surface area contributed by atoms with Gasteiger partial charge in [-0.05, 0) is 48.7 Å². The molecule has 33 heavy (non-hydrogen) atoms. The highest BCUT2D eigenvalue weighted by molar-refractivity contribution is 6.10. The molecule has 0 saturated carbocycles. The van der Waals surface area contributed by atoms with Crippen LogP contribution in [0.15, 0.2) is 48.9 Å². The summed E-state index contributed by atoms with van der Waals surface area (Å²) in [7, 11) is 3.92. The van der Waals surface area contributed by atoms with Crippen molar-refractivity contribution in [1.82, 2.24) is 20.2 Å². The van der Waals surface area contributed by atoms with Crippen molar-refractivity contribution in [1.29, 1.82) is 5.41 Å². The van der Waals surface area contributed by atoms with Gasteiger partial charge in [0, 0.05) is 74.6 Å². The van der Waals surface area contributed by atoms with Crippen LogP contribution >= 0.6 is 0 Å². The van der Waals surface area contributed by atoms with Gasteiger partial charge in [-0.1, -0.05) is 12.1 Å². The number of carbonyl (C=O) groups is 1. The van der Waals surface area contributed by atoms with Crippen LogP contribution in [0, 0.1) is 12.3 Å². The first-order chi connectivity index (χ1) is 16.0. The van der Waals surface area contributed by atoms with Gasteiger partial charge in [-0.15, -0.1) is 0 Å². The molecular formula is C25H29N7O. The molecule has 8 nitrogen and oxygen atoms in total. The lowest BCUT2D eigenvalue weighted by Crippen LogP contribution is -2.44. The molecule has 0 spiro atoms. The summed E-state index contributed by atoms with van der Waals surface area (Å²) < 4.78 is 0. The van der Waals surface area contributed by atoms with Crippen LogP contribution in [0.3, 0.4) is 0 Å². The van der Waals surface area contributed by atoms with Crippen LogP contribution in [-0.2, 0) is 0 Å². The van der Waals surface area contributed by atoms with Crippen molar-refractivity contribution >= 4 is 40.1 Å². The number of pyridine rings is 2. The van der Waals surface area contributed by atoms with Crippen LogP contribution in [-0.4, -0.2) is 67.3 Å². The van der Waals surface area contributed by atoms with Gasteiger partial charge in [-0.3, -0.25) is 4.79 Å². The fourth-order valence-corrected chi connectivity index (χ4v) is 3.97. The number of aryl methyl sites for hydroxylation is 1. The van der Waals surface area contributed by atoms with Gasteiger partial charge in [0.2, 0.25) is 0 Å². The number of nitrogens with one attached hydrogen (secondary N) is 3. The maximum Gasteiger partial charge on any atom is 0.257 e. The van der Waals surface area contributed by atoms with Crippen molar-refractivity contribution in [2.45, 2.75) is 6.92 Å². The molecule has 0 atom stereocenters. The maximum atomic E-state index is 13.0. The molecule has 0 radical (unpaired) electrons. The first-order valence-electron chi connectivity index (χ1n) is 11.0. The van der Waals surface area contributed by atoms with E-state index in [0.29, 0.717) is 11.4 Å². The Hall–Kier alpha value is -3.78. The minimum atomic E-state index is -0.214. The van der Waals surface area contributed by atoms with Gasteiger partial charge in [0.1, 0.15) is 11.6 Å². The number of rotatable bonds is 6. The summed E-state index contributed by atoms with van der Waals surface area (Å²) in [6, 6.07) is 9.53. The third kappa shape index (κ3) is 4.85. The number of hydrogen-bond donors (Lipinski definition) is 3. The number of likely N-dealkylation sites (N-methyl/N-ethyl adjacent to an activating group) is 1. The van der Waals surface area contributed by atoms with E-state index < -0.39 is 0 Å². The highest BCUT2D eigenvalue weighted by atomic mass is 16.1. The van der Waals surface area contributed by atoms with E-state index in [1.807, 2.05) is 38.2 Å². The van der Waals surface area contributed by atoms with Gasteiger partial charge in [0.15, 0.2) is 0 Å². The number of hydrogen-bond acceptors (Lipinski definition) is 7. The first-order valence-corrected chi connectivity index (χ1v) is 11.0. The molecule has 3 heterocycles. The smallest absolute Gasteiger partial charge is 0.257 e. The Bertz CT molecular complexity index is 1210. The van der Waals surface area contributed by atoms with E-state index >= 15 is 0 Å². The molecule has 1 aliphatic rings. The molecule has 8 heteroatoms. The fourth-order valence-electron chi connectivity index (χ4n) is 3.97. The lowest BCUT2D eigenvalue weighted by Gasteiger charge is -2.33. The second-order valence-corrected chi connectivity index (χ2v) is 8.21. The van der Waals surface area contributed by atoms with Crippen LogP contribution in [0.5, 0.6) is 0 Å². The van der Waals surface area contributed by atoms with E-state index in [0.717, 1.165) is 59.5 Å². The summed E-state index contributed by atoms with van der Waals surface area (Å²) in [6.45, 7) is 5.68. The fraction of sp³-hybridized carbons (Fsp3) is 0.280. The second kappa shape index (κ2) is 9.79. The Morgan fingerprint density at radius 2 is 1.88 bits per heavy atom. The van der Waals surface area contributed by atoms with Crippen LogP contribution < -0.4 is 15.5 Å². The van der Waals surface area contributed by atoms with Gasteiger partial charge in [0.05, 0.1) is 0 Å². The van der Waals surface area contributed by atoms with Gasteiger partial charge < -0.3 is 25.8 Å². The van der Waals surface area contributed by atoms with E-state index in [1.165, 1.54) is 6.21 Å². The zero-order chi connectivity index (χ0) is 23.4. The minimum absolute atomic E-state index is 0.214. The van der Waals surface area contributed by atoms with Crippen LogP contribution in [0.25, 0.3) is 16.3 Å². The summed E-state index contributed by atoms with van der Waals surface area (Å²) in [6.07, 6.45) is 6.55. The number of amides is 1. The zero-order valence-electron chi connectivity index (χ0n) is 19.2. The zero-order valence-corrected chi connectivity index (χ0v) is 19.2. The molecule has 0 bridgehead atoms. The Balaban J connectivity index is 1.59. The van der Waals surface area contributed by atoms with Gasteiger partial charge in [-0.2, -0.15) is 0 Å². The van der Waals surface area contributed by atoms with Crippen molar-refractivity contribution in [2.75, 3.05) is 50.5 Å². The quantitative estimate of drug-likeness (QED) is 0.507. The van der Waals surface area contributed by atoms with E-state index in [2.05, 4.69) is 37.4 Å². The predicted molar refractivity (Wildman–Crippen MR) is 134 cm³/mol. The number of benzene rings is 1. The largest absolute Gasteiger partial charge is 0.393 e. The lowest BCUT2D eigenvalue weighted by molar-refractivity contribution is 0.102. The molecule has 0 unspecified atom stereocenters. The number of aromatic nitrogens is 2. The number of fused-ring (bicyclic) bond motifs is 1. The summed E-state index contributed by atoms with van der Waals surface area (Å²) in [4.78, 5) is 26.5. The average Bonchev–Trinajstić information content (AvgIpc) is 2.84. The third-order valence-corrected chi connectivity index (χ3v) is 6.00. The molecule has 170 valence electrons. The SMILES string of the molecule is CN/C=C(\C=N)c1ccc2cnc(NC(=O)c3ccnc(N4CCN(C)CC4)c3)c(C)c2c1. The van der Waals surface area contributed by atoms with Gasteiger partial charge in [-0.25, -0.2) is 9.97 Å². The second-order valence-electron chi connectivity index (χ2n) is 8.21. The third-order valence-electron chi connectivity index (χ3n) is 6.00. The topological polar surface area (TPSA) is 97.2 Å².